The average Bonchev–Trinajstić information content (AvgIpc) is 3.51. The van der Waals surface area contributed by atoms with Crippen LogP contribution in [-0.2, 0) is 20.8 Å². The van der Waals surface area contributed by atoms with E-state index in [1.54, 1.807) is 44.4 Å². The molecule has 2 aromatic carbocycles. The number of carbonyl (C=O) groups excluding carboxylic acids is 4. The number of aromatic nitrogens is 1. The van der Waals surface area contributed by atoms with Gasteiger partial charge in [0.1, 0.15) is 22.8 Å². The SMILES string of the molecule is CN(C)C1C(=O)C(C(N)=O)=C(O)C2(O)C(=O)C3=C(O)c4c(O)ccc(-c5ccc(NC(=O)c6ccno6)cc5)c4CC3CC12. The summed E-state index contributed by atoms with van der Waals surface area (Å²) in [4.78, 5) is 53.2. The lowest BCUT2D eigenvalue weighted by molar-refractivity contribution is -0.153. The van der Waals surface area contributed by atoms with E-state index in [1.165, 1.54) is 23.2 Å². The highest BCUT2D eigenvalue weighted by molar-refractivity contribution is 6.24. The molecule has 3 aromatic rings. The molecule has 13 heteroatoms. The molecular weight excluding hydrogens is 572 g/mol. The van der Waals surface area contributed by atoms with Gasteiger partial charge in [-0.2, -0.15) is 0 Å². The molecule has 4 unspecified atom stereocenters. The van der Waals surface area contributed by atoms with Crippen LogP contribution in [0.25, 0.3) is 16.9 Å². The van der Waals surface area contributed by atoms with Crippen LogP contribution in [0.5, 0.6) is 5.75 Å². The number of nitrogens with zero attached hydrogens (tertiary/aromatic N) is 2. The van der Waals surface area contributed by atoms with Crippen molar-refractivity contribution in [2.75, 3.05) is 19.4 Å². The number of ketones is 2. The molecular formula is C31H28N4O9. The van der Waals surface area contributed by atoms with Gasteiger partial charge in [-0.1, -0.05) is 23.4 Å². The quantitative estimate of drug-likeness (QED) is 0.232. The van der Waals surface area contributed by atoms with E-state index in [2.05, 4.69) is 10.5 Å². The number of primary amides is 1. The standard InChI is InChI=1S/C31H28N4O9/c1-35(2)24-18-12-14-11-17-16(13-3-5-15(6-4-13)34-30(42)20-9-10-33-44-20)7-8-19(36)22(17)25(37)21(14)27(39)31(18,43)28(40)23(26(24)38)29(32)41/h3-10,14,18,24,36-37,40,43H,11-12H2,1-2H3,(H2,32,41)(H,34,42). The predicted molar refractivity (Wildman–Crippen MR) is 154 cm³/mol. The zero-order valence-electron chi connectivity index (χ0n) is 23.6. The number of aliphatic hydroxyl groups is 3. The van der Waals surface area contributed by atoms with Crippen molar-refractivity contribution in [2.24, 2.45) is 17.6 Å². The summed E-state index contributed by atoms with van der Waals surface area (Å²) in [5, 5.41) is 51.2. The molecule has 0 aliphatic heterocycles. The van der Waals surface area contributed by atoms with Gasteiger partial charge in [0.15, 0.2) is 11.4 Å². The van der Waals surface area contributed by atoms with E-state index in [0.717, 1.165) is 0 Å². The summed E-state index contributed by atoms with van der Waals surface area (Å²) in [6.45, 7) is 0. The molecule has 2 amide bonds. The molecule has 7 N–H and O–H groups in total. The zero-order chi connectivity index (χ0) is 31.7. The number of amides is 2. The largest absolute Gasteiger partial charge is 0.508 e. The van der Waals surface area contributed by atoms with Gasteiger partial charge in [0.2, 0.25) is 11.5 Å². The number of phenols is 1. The third kappa shape index (κ3) is 4.12. The van der Waals surface area contributed by atoms with Crippen molar-refractivity contribution in [3.05, 3.63) is 82.5 Å². The first-order chi connectivity index (χ1) is 20.9. The molecule has 3 aliphatic carbocycles. The van der Waals surface area contributed by atoms with Gasteiger partial charge in [-0.15, -0.1) is 0 Å². The van der Waals surface area contributed by atoms with Gasteiger partial charge in [0.25, 0.3) is 11.8 Å². The number of anilines is 1. The molecule has 4 atom stereocenters. The maximum atomic E-state index is 14.0. The lowest BCUT2D eigenvalue weighted by Crippen LogP contribution is -2.65. The van der Waals surface area contributed by atoms with Crippen LogP contribution < -0.4 is 11.1 Å². The second-order valence-electron chi connectivity index (χ2n) is 11.4. The number of likely N-dealkylation sites (N-methyl/N-ethyl adjacent to an activating group) is 1. The fourth-order valence-electron chi connectivity index (χ4n) is 6.77. The van der Waals surface area contributed by atoms with Crippen molar-refractivity contribution in [2.45, 2.75) is 24.5 Å². The third-order valence-electron chi connectivity index (χ3n) is 8.72. The minimum Gasteiger partial charge on any atom is -0.508 e. The van der Waals surface area contributed by atoms with Crippen LogP contribution in [0.2, 0.25) is 0 Å². The number of hydrogen-bond acceptors (Lipinski definition) is 11. The first-order valence-electron chi connectivity index (χ1n) is 13.7. The first kappa shape index (κ1) is 28.8. The van der Waals surface area contributed by atoms with E-state index in [4.69, 9.17) is 10.3 Å². The van der Waals surface area contributed by atoms with E-state index in [9.17, 15) is 39.6 Å². The van der Waals surface area contributed by atoms with Crippen LogP contribution in [-0.4, -0.2) is 79.6 Å². The Hall–Kier alpha value is -5.27. The lowest BCUT2D eigenvalue weighted by Gasteiger charge is -2.50. The highest BCUT2D eigenvalue weighted by Crippen LogP contribution is 2.53. The fraction of sp³-hybridized carbons (Fsp3) is 0.258. The summed E-state index contributed by atoms with van der Waals surface area (Å²) >= 11 is 0. The topological polar surface area (TPSA) is 217 Å². The Balaban J connectivity index is 1.43. The number of nitrogens with two attached hydrogens (primary N) is 1. The molecule has 0 radical (unpaired) electrons. The number of aliphatic hydroxyl groups excluding tert-OH is 2. The lowest BCUT2D eigenvalue weighted by atomic mass is 9.57. The van der Waals surface area contributed by atoms with E-state index < -0.39 is 64.0 Å². The number of nitrogens with one attached hydrogen (secondary N) is 1. The Labute approximate surface area is 249 Å². The normalized spacial score (nSPS) is 24.6. The van der Waals surface area contributed by atoms with E-state index in [-0.39, 0.29) is 35.5 Å². The minimum atomic E-state index is -2.70. The van der Waals surface area contributed by atoms with Crippen LogP contribution >= 0.6 is 0 Å². The summed E-state index contributed by atoms with van der Waals surface area (Å²) in [6.07, 6.45) is 1.47. The smallest absolute Gasteiger partial charge is 0.294 e. The van der Waals surface area contributed by atoms with Gasteiger partial charge in [-0.05, 0) is 67.7 Å². The predicted octanol–water partition coefficient (Wildman–Crippen LogP) is 1.87. The number of fused-ring (bicyclic) bond motifs is 3. The van der Waals surface area contributed by atoms with Crippen molar-refractivity contribution >= 4 is 34.8 Å². The maximum Gasteiger partial charge on any atom is 0.294 e. The van der Waals surface area contributed by atoms with Crippen molar-refractivity contribution in [1.82, 2.24) is 10.1 Å². The van der Waals surface area contributed by atoms with E-state index in [0.29, 0.717) is 22.4 Å². The molecule has 226 valence electrons. The number of hydrogen-bond donors (Lipinski definition) is 6. The molecule has 13 nitrogen and oxygen atoms in total. The number of carbonyl (C=O) groups is 4. The molecule has 1 saturated carbocycles. The van der Waals surface area contributed by atoms with Crippen molar-refractivity contribution in [3.63, 3.8) is 0 Å². The highest BCUT2D eigenvalue weighted by atomic mass is 16.5. The van der Waals surface area contributed by atoms with Gasteiger partial charge >= 0.3 is 0 Å². The number of aromatic hydroxyl groups is 1. The maximum absolute atomic E-state index is 14.0. The Kier molecular flexibility index (Phi) is 6.67. The average molecular weight is 601 g/mol. The highest BCUT2D eigenvalue weighted by Gasteiger charge is 2.64. The molecule has 0 spiro atoms. The Morgan fingerprint density at radius 2 is 1.77 bits per heavy atom. The molecule has 6 rings (SSSR count). The van der Waals surface area contributed by atoms with Gasteiger partial charge in [-0.3, -0.25) is 24.1 Å². The summed E-state index contributed by atoms with van der Waals surface area (Å²) in [6, 6.07) is 10.1. The van der Waals surface area contributed by atoms with Gasteiger partial charge in [0.05, 0.1) is 17.8 Å². The second kappa shape index (κ2) is 10.2. The van der Waals surface area contributed by atoms with Crippen LogP contribution in [0.15, 0.2) is 70.1 Å². The van der Waals surface area contributed by atoms with Gasteiger partial charge in [0, 0.05) is 23.2 Å². The number of benzene rings is 2. The number of Topliss-reactive ketones (excluding diaryl/α,β-unsaturated/α-hetero) is 2. The summed E-state index contributed by atoms with van der Waals surface area (Å²) < 4.78 is 4.87. The summed E-state index contributed by atoms with van der Waals surface area (Å²) in [5.41, 5.74) is 3.87. The Morgan fingerprint density at radius 3 is 2.39 bits per heavy atom. The molecule has 0 saturated heterocycles. The van der Waals surface area contributed by atoms with Gasteiger partial charge < -0.3 is 36.0 Å². The third-order valence-corrected chi connectivity index (χ3v) is 8.72. The fourth-order valence-corrected chi connectivity index (χ4v) is 6.77. The van der Waals surface area contributed by atoms with E-state index >= 15 is 0 Å². The molecule has 1 aromatic heterocycles. The van der Waals surface area contributed by atoms with Crippen LogP contribution in [0.1, 0.15) is 28.1 Å². The van der Waals surface area contributed by atoms with Crippen molar-refractivity contribution < 1.29 is 44.1 Å². The Bertz CT molecular complexity index is 1810. The van der Waals surface area contributed by atoms with Crippen LogP contribution in [0.3, 0.4) is 0 Å². The molecule has 1 fully saturated rings. The van der Waals surface area contributed by atoms with Crippen molar-refractivity contribution in [3.8, 4) is 16.9 Å². The summed E-state index contributed by atoms with van der Waals surface area (Å²) in [5.74, 6) is -7.53. The number of rotatable bonds is 5. The molecule has 1 heterocycles. The van der Waals surface area contributed by atoms with E-state index in [1.807, 2.05) is 0 Å². The van der Waals surface area contributed by atoms with Gasteiger partial charge in [-0.25, -0.2) is 0 Å². The first-order valence-corrected chi connectivity index (χ1v) is 13.7. The second-order valence-corrected chi connectivity index (χ2v) is 11.4. The summed E-state index contributed by atoms with van der Waals surface area (Å²) in [7, 11) is 3.09. The van der Waals surface area contributed by atoms with Crippen LogP contribution in [0, 0.1) is 11.8 Å². The van der Waals surface area contributed by atoms with Crippen molar-refractivity contribution in [1.29, 1.82) is 0 Å². The zero-order valence-corrected chi connectivity index (χ0v) is 23.6. The Morgan fingerprint density at radius 1 is 1.07 bits per heavy atom. The minimum absolute atomic E-state index is 0.0125. The monoisotopic (exact) mass is 600 g/mol. The molecule has 0 bridgehead atoms. The molecule has 44 heavy (non-hydrogen) atoms. The molecule has 3 aliphatic rings. The number of phenolic OH excluding ortho intramolecular Hbond substituents is 1. The van der Waals surface area contributed by atoms with Crippen LogP contribution in [0.4, 0.5) is 5.69 Å².